The van der Waals surface area contributed by atoms with E-state index >= 15 is 0 Å². The van der Waals surface area contributed by atoms with E-state index in [1.807, 2.05) is 0 Å². The molecule has 0 fully saturated rings. The Kier molecular flexibility index (Phi) is 4.39. The molecule has 0 saturated carbocycles. The van der Waals surface area contributed by atoms with Crippen molar-refractivity contribution in [1.29, 1.82) is 0 Å². The zero-order valence-corrected chi connectivity index (χ0v) is 12.6. The summed E-state index contributed by atoms with van der Waals surface area (Å²) in [6, 6.07) is 0. The maximum absolute atomic E-state index is 12.2. The van der Waals surface area contributed by atoms with E-state index in [4.69, 9.17) is 0 Å². The van der Waals surface area contributed by atoms with Crippen molar-refractivity contribution in [3.8, 4) is 0 Å². The van der Waals surface area contributed by atoms with Crippen molar-refractivity contribution >= 4 is 23.3 Å². The third-order valence-corrected chi connectivity index (χ3v) is 2.93. The lowest BCUT2D eigenvalue weighted by molar-refractivity contribution is -0.385. The summed E-state index contributed by atoms with van der Waals surface area (Å²) in [5.41, 5.74) is -0.810. The molecule has 0 aromatic carbocycles. The van der Waals surface area contributed by atoms with Gasteiger partial charge in [-0.15, -0.1) is 0 Å². The molecule has 1 amide bonds. The Morgan fingerprint density at radius 1 is 1.35 bits per heavy atom. The molecule has 2 heterocycles. The predicted molar refractivity (Wildman–Crippen MR) is 77.1 cm³/mol. The van der Waals surface area contributed by atoms with Crippen molar-refractivity contribution in [3.05, 3.63) is 33.9 Å². The van der Waals surface area contributed by atoms with E-state index in [0.717, 1.165) is 10.9 Å². The largest absolute Gasteiger partial charge is 0.464 e. The van der Waals surface area contributed by atoms with Gasteiger partial charge in [-0.3, -0.25) is 24.3 Å². The number of nitro groups is 1. The highest BCUT2D eigenvalue weighted by molar-refractivity contribution is 6.08. The molecule has 0 unspecified atom stereocenters. The molecule has 0 aliphatic rings. The first-order valence-corrected chi connectivity index (χ1v) is 6.52. The van der Waals surface area contributed by atoms with Crippen LogP contribution in [0.2, 0.25) is 0 Å². The number of nitrogens with one attached hydrogen (secondary N) is 1. The lowest BCUT2D eigenvalue weighted by Crippen LogP contribution is -2.16. The quantitative estimate of drug-likeness (QED) is 0.483. The Balaban J connectivity index is 2.35. The molecule has 0 radical (unpaired) electrons. The SMILES string of the molecule is CCn1cc(NC(=O)c2nn(C)cc2[N+](=O)[O-])c(C(=O)OC)n1. The van der Waals surface area contributed by atoms with Crippen LogP contribution in [0, 0.1) is 10.1 Å². The fourth-order valence-electron chi connectivity index (χ4n) is 1.88. The lowest BCUT2D eigenvalue weighted by Gasteiger charge is -2.02. The van der Waals surface area contributed by atoms with Crippen LogP contribution in [0.4, 0.5) is 11.4 Å². The number of carbonyl (C=O) groups is 2. The van der Waals surface area contributed by atoms with Crippen LogP contribution < -0.4 is 5.32 Å². The average molecular weight is 322 g/mol. The third kappa shape index (κ3) is 3.17. The zero-order chi connectivity index (χ0) is 17.1. The van der Waals surface area contributed by atoms with Crippen molar-refractivity contribution in [2.24, 2.45) is 7.05 Å². The molecule has 0 atom stereocenters. The monoisotopic (exact) mass is 322 g/mol. The van der Waals surface area contributed by atoms with Crippen molar-refractivity contribution in [1.82, 2.24) is 19.6 Å². The second-order valence-electron chi connectivity index (χ2n) is 4.49. The first-order chi connectivity index (χ1) is 10.9. The zero-order valence-electron chi connectivity index (χ0n) is 12.6. The molecule has 2 aromatic heterocycles. The molecule has 2 rings (SSSR count). The number of anilines is 1. The topological polar surface area (TPSA) is 134 Å². The van der Waals surface area contributed by atoms with E-state index in [2.05, 4.69) is 20.3 Å². The third-order valence-electron chi connectivity index (χ3n) is 2.93. The minimum absolute atomic E-state index is 0.0867. The van der Waals surface area contributed by atoms with Gasteiger partial charge in [-0.25, -0.2) is 4.79 Å². The smallest absolute Gasteiger partial charge is 0.360 e. The van der Waals surface area contributed by atoms with Crippen LogP contribution in [0.3, 0.4) is 0 Å². The van der Waals surface area contributed by atoms with Crippen LogP contribution >= 0.6 is 0 Å². The number of methoxy groups -OCH3 is 1. The number of nitrogens with zero attached hydrogens (tertiary/aromatic N) is 5. The molecule has 122 valence electrons. The number of ether oxygens (including phenoxy) is 1. The highest BCUT2D eigenvalue weighted by atomic mass is 16.6. The van der Waals surface area contributed by atoms with Crippen molar-refractivity contribution in [2.75, 3.05) is 12.4 Å². The maximum Gasteiger partial charge on any atom is 0.360 e. The number of aromatic nitrogens is 4. The van der Waals surface area contributed by atoms with Crippen molar-refractivity contribution in [2.45, 2.75) is 13.5 Å². The second kappa shape index (κ2) is 6.25. The number of hydrogen-bond acceptors (Lipinski definition) is 7. The number of carbonyl (C=O) groups excluding carboxylic acids is 2. The predicted octanol–water partition coefficient (Wildman–Crippen LogP) is 0.584. The summed E-state index contributed by atoms with van der Waals surface area (Å²) >= 11 is 0. The van der Waals surface area contributed by atoms with Gasteiger partial charge in [-0.2, -0.15) is 10.2 Å². The summed E-state index contributed by atoms with van der Waals surface area (Å²) in [6.45, 7) is 2.26. The van der Waals surface area contributed by atoms with Crippen LogP contribution in [-0.4, -0.2) is 43.5 Å². The molecular weight excluding hydrogens is 308 g/mol. The standard InChI is InChI=1S/C12H14N6O5/c1-4-17-5-7(9(15-17)12(20)23-3)13-11(19)10-8(18(21)22)6-16(2)14-10/h5-6H,4H2,1-3H3,(H,13,19). The van der Waals surface area contributed by atoms with Gasteiger partial charge in [0, 0.05) is 19.8 Å². The maximum atomic E-state index is 12.2. The summed E-state index contributed by atoms with van der Waals surface area (Å²) in [7, 11) is 2.64. The summed E-state index contributed by atoms with van der Waals surface area (Å²) in [6.07, 6.45) is 2.55. The minimum atomic E-state index is -0.821. The molecular formula is C12H14N6O5. The Morgan fingerprint density at radius 2 is 2.04 bits per heavy atom. The summed E-state index contributed by atoms with van der Waals surface area (Å²) in [5.74, 6) is -1.55. The summed E-state index contributed by atoms with van der Waals surface area (Å²) < 4.78 is 7.18. The number of hydrogen-bond donors (Lipinski definition) is 1. The van der Waals surface area contributed by atoms with Crippen molar-refractivity contribution < 1.29 is 19.2 Å². The van der Waals surface area contributed by atoms with E-state index in [9.17, 15) is 19.7 Å². The molecule has 11 nitrogen and oxygen atoms in total. The minimum Gasteiger partial charge on any atom is -0.464 e. The summed E-state index contributed by atoms with van der Waals surface area (Å²) in [4.78, 5) is 34.2. The Morgan fingerprint density at radius 3 is 2.61 bits per heavy atom. The highest BCUT2D eigenvalue weighted by Crippen LogP contribution is 2.20. The number of rotatable bonds is 5. The lowest BCUT2D eigenvalue weighted by atomic mass is 10.3. The van der Waals surface area contributed by atoms with E-state index in [0.29, 0.717) is 6.54 Å². The molecule has 11 heteroatoms. The van der Waals surface area contributed by atoms with Gasteiger partial charge in [0.2, 0.25) is 5.69 Å². The molecule has 23 heavy (non-hydrogen) atoms. The van der Waals surface area contributed by atoms with Crippen LogP contribution in [0.15, 0.2) is 12.4 Å². The van der Waals surface area contributed by atoms with E-state index < -0.39 is 22.5 Å². The fourth-order valence-corrected chi connectivity index (χ4v) is 1.88. The highest BCUT2D eigenvalue weighted by Gasteiger charge is 2.27. The van der Waals surface area contributed by atoms with Crippen LogP contribution in [0.5, 0.6) is 0 Å². The van der Waals surface area contributed by atoms with E-state index in [1.54, 1.807) is 6.92 Å². The van der Waals surface area contributed by atoms with Gasteiger partial charge >= 0.3 is 11.7 Å². The molecule has 0 saturated heterocycles. The van der Waals surface area contributed by atoms with Gasteiger partial charge < -0.3 is 10.1 Å². The Labute approximate surface area is 130 Å². The molecule has 0 aliphatic carbocycles. The first-order valence-electron chi connectivity index (χ1n) is 6.52. The first kappa shape index (κ1) is 16.1. The summed E-state index contributed by atoms with van der Waals surface area (Å²) in [5, 5.41) is 21.1. The van der Waals surface area contributed by atoms with Crippen molar-refractivity contribution in [3.63, 3.8) is 0 Å². The molecule has 1 N–H and O–H groups in total. The second-order valence-corrected chi connectivity index (χ2v) is 4.49. The number of amides is 1. The van der Waals surface area contributed by atoms with Crippen LogP contribution in [0.1, 0.15) is 27.9 Å². The molecule has 2 aromatic rings. The van der Waals surface area contributed by atoms with Crippen LogP contribution in [0.25, 0.3) is 0 Å². The number of esters is 1. The van der Waals surface area contributed by atoms with Gasteiger partial charge in [0.1, 0.15) is 6.20 Å². The van der Waals surface area contributed by atoms with Crippen LogP contribution in [-0.2, 0) is 18.3 Å². The van der Waals surface area contributed by atoms with Gasteiger partial charge in [0.05, 0.1) is 17.7 Å². The Bertz CT molecular complexity index is 777. The van der Waals surface area contributed by atoms with Gasteiger partial charge in [0.25, 0.3) is 5.91 Å². The van der Waals surface area contributed by atoms with Gasteiger partial charge in [-0.1, -0.05) is 0 Å². The van der Waals surface area contributed by atoms with Gasteiger partial charge in [-0.05, 0) is 6.92 Å². The molecule has 0 spiro atoms. The molecule has 0 bridgehead atoms. The van der Waals surface area contributed by atoms with E-state index in [1.165, 1.54) is 25.0 Å². The average Bonchev–Trinajstić information content (AvgIpc) is 3.10. The fraction of sp³-hybridized carbons (Fsp3) is 0.333. The normalized spacial score (nSPS) is 10.4. The van der Waals surface area contributed by atoms with E-state index in [-0.39, 0.29) is 17.1 Å². The van der Waals surface area contributed by atoms with Gasteiger partial charge in [0.15, 0.2) is 5.69 Å². The molecule has 0 aliphatic heterocycles. The Hall–Kier alpha value is -3.24. The number of aryl methyl sites for hydroxylation is 2.